The summed E-state index contributed by atoms with van der Waals surface area (Å²) in [6.07, 6.45) is 2.46. The van der Waals surface area contributed by atoms with Gasteiger partial charge in [-0.2, -0.15) is 0 Å². The van der Waals surface area contributed by atoms with E-state index in [0.29, 0.717) is 11.6 Å². The SMILES string of the molecule is COCC(N)CCNc1ccc(Cl)cn1. The average molecular weight is 230 g/mol. The number of methoxy groups -OCH3 is 1. The van der Waals surface area contributed by atoms with Gasteiger partial charge in [-0.05, 0) is 18.6 Å². The van der Waals surface area contributed by atoms with Gasteiger partial charge < -0.3 is 15.8 Å². The smallest absolute Gasteiger partial charge is 0.125 e. The molecule has 0 aliphatic carbocycles. The number of rotatable bonds is 6. The van der Waals surface area contributed by atoms with Crippen molar-refractivity contribution in [2.75, 3.05) is 25.6 Å². The first-order chi connectivity index (χ1) is 7.22. The summed E-state index contributed by atoms with van der Waals surface area (Å²) in [5, 5.41) is 3.79. The molecule has 0 fully saturated rings. The zero-order valence-electron chi connectivity index (χ0n) is 8.74. The van der Waals surface area contributed by atoms with Crippen LogP contribution in [0.5, 0.6) is 0 Å². The molecule has 1 atom stereocenters. The largest absolute Gasteiger partial charge is 0.383 e. The molecule has 0 aromatic carbocycles. The Morgan fingerprint density at radius 1 is 1.60 bits per heavy atom. The van der Waals surface area contributed by atoms with Crippen molar-refractivity contribution in [3.63, 3.8) is 0 Å². The molecule has 0 saturated heterocycles. The Bertz CT molecular complexity index is 279. The molecule has 0 saturated carbocycles. The van der Waals surface area contributed by atoms with E-state index in [4.69, 9.17) is 22.1 Å². The summed E-state index contributed by atoms with van der Waals surface area (Å²) in [5.74, 6) is 0.809. The molecule has 0 aliphatic rings. The van der Waals surface area contributed by atoms with E-state index in [0.717, 1.165) is 18.8 Å². The van der Waals surface area contributed by atoms with Gasteiger partial charge in [0.15, 0.2) is 0 Å². The first-order valence-corrected chi connectivity index (χ1v) is 5.20. The topological polar surface area (TPSA) is 60.2 Å². The van der Waals surface area contributed by atoms with Crippen LogP contribution in [0, 0.1) is 0 Å². The summed E-state index contributed by atoms with van der Waals surface area (Å²) < 4.78 is 4.94. The number of pyridine rings is 1. The van der Waals surface area contributed by atoms with Crippen molar-refractivity contribution in [3.8, 4) is 0 Å². The van der Waals surface area contributed by atoms with Gasteiger partial charge in [0.25, 0.3) is 0 Å². The Hall–Kier alpha value is -0.840. The second kappa shape index (κ2) is 6.61. The molecule has 15 heavy (non-hydrogen) atoms. The first kappa shape index (κ1) is 12.2. The number of nitrogens with two attached hydrogens (primary N) is 1. The van der Waals surface area contributed by atoms with Gasteiger partial charge in [-0.1, -0.05) is 11.6 Å². The molecule has 5 heteroatoms. The van der Waals surface area contributed by atoms with E-state index in [9.17, 15) is 0 Å². The average Bonchev–Trinajstić information content (AvgIpc) is 2.21. The van der Waals surface area contributed by atoms with Crippen molar-refractivity contribution >= 4 is 17.4 Å². The number of nitrogens with zero attached hydrogens (tertiary/aromatic N) is 1. The Labute approximate surface area is 94.8 Å². The minimum atomic E-state index is 0.0646. The highest BCUT2D eigenvalue weighted by Crippen LogP contribution is 2.09. The van der Waals surface area contributed by atoms with Crippen molar-refractivity contribution in [1.82, 2.24) is 4.98 Å². The fourth-order valence-electron chi connectivity index (χ4n) is 1.16. The highest BCUT2D eigenvalue weighted by Gasteiger charge is 2.01. The molecule has 1 rings (SSSR count). The normalized spacial score (nSPS) is 12.5. The molecule has 1 aromatic heterocycles. The molecule has 0 spiro atoms. The maximum Gasteiger partial charge on any atom is 0.125 e. The molecule has 1 unspecified atom stereocenters. The minimum absolute atomic E-state index is 0.0646. The Morgan fingerprint density at radius 2 is 2.40 bits per heavy atom. The van der Waals surface area contributed by atoms with Crippen LogP contribution in [0.1, 0.15) is 6.42 Å². The molecule has 3 N–H and O–H groups in total. The van der Waals surface area contributed by atoms with Crippen LogP contribution in [-0.4, -0.2) is 31.3 Å². The molecule has 0 bridgehead atoms. The molecule has 0 amide bonds. The predicted octanol–water partition coefficient (Wildman–Crippen LogP) is 1.51. The molecule has 0 radical (unpaired) electrons. The van der Waals surface area contributed by atoms with Gasteiger partial charge >= 0.3 is 0 Å². The Morgan fingerprint density at radius 3 is 3.00 bits per heavy atom. The van der Waals surface area contributed by atoms with E-state index in [-0.39, 0.29) is 6.04 Å². The third-order valence-electron chi connectivity index (χ3n) is 1.93. The number of halogens is 1. The molecule has 84 valence electrons. The highest BCUT2D eigenvalue weighted by atomic mass is 35.5. The van der Waals surface area contributed by atoms with Gasteiger partial charge in [0.1, 0.15) is 5.82 Å². The fourth-order valence-corrected chi connectivity index (χ4v) is 1.28. The van der Waals surface area contributed by atoms with E-state index in [2.05, 4.69) is 10.3 Å². The van der Waals surface area contributed by atoms with Crippen LogP contribution < -0.4 is 11.1 Å². The molecular weight excluding hydrogens is 214 g/mol. The molecule has 1 heterocycles. The van der Waals surface area contributed by atoms with Crippen LogP contribution in [-0.2, 0) is 4.74 Å². The summed E-state index contributed by atoms with van der Waals surface area (Å²) in [7, 11) is 1.65. The Balaban J connectivity index is 2.22. The third kappa shape index (κ3) is 4.97. The Kier molecular flexibility index (Phi) is 5.39. The van der Waals surface area contributed by atoms with Crippen LogP contribution in [0.25, 0.3) is 0 Å². The predicted molar refractivity (Wildman–Crippen MR) is 62.2 cm³/mol. The lowest BCUT2D eigenvalue weighted by atomic mass is 10.2. The third-order valence-corrected chi connectivity index (χ3v) is 2.15. The van der Waals surface area contributed by atoms with E-state index < -0.39 is 0 Å². The minimum Gasteiger partial charge on any atom is -0.383 e. The van der Waals surface area contributed by atoms with Gasteiger partial charge in [0.05, 0.1) is 11.6 Å². The van der Waals surface area contributed by atoms with Gasteiger partial charge in [-0.25, -0.2) is 4.98 Å². The van der Waals surface area contributed by atoms with Gasteiger partial charge in [-0.15, -0.1) is 0 Å². The van der Waals surface area contributed by atoms with Crippen LogP contribution >= 0.6 is 11.6 Å². The van der Waals surface area contributed by atoms with Crippen molar-refractivity contribution < 1.29 is 4.74 Å². The number of hydrogen-bond donors (Lipinski definition) is 2. The van der Waals surface area contributed by atoms with E-state index >= 15 is 0 Å². The lowest BCUT2D eigenvalue weighted by Crippen LogP contribution is -2.28. The second-order valence-corrected chi connectivity index (χ2v) is 3.73. The van der Waals surface area contributed by atoms with Crippen LogP contribution in [0.15, 0.2) is 18.3 Å². The summed E-state index contributed by atoms with van der Waals surface area (Å²) >= 11 is 5.71. The van der Waals surface area contributed by atoms with Crippen LogP contribution in [0.4, 0.5) is 5.82 Å². The van der Waals surface area contributed by atoms with Crippen molar-refractivity contribution in [3.05, 3.63) is 23.4 Å². The summed E-state index contributed by atoms with van der Waals surface area (Å²) in [6.45, 7) is 1.36. The second-order valence-electron chi connectivity index (χ2n) is 3.29. The van der Waals surface area contributed by atoms with Crippen LogP contribution in [0.2, 0.25) is 5.02 Å². The van der Waals surface area contributed by atoms with Crippen molar-refractivity contribution in [1.29, 1.82) is 0 Å². The maximum atomic E-state index is 5.77. The summed E-state index contributed by atoms with van der Waals surface area (Å²) in [6, 6.07) is 3.70. The number of anilines is 1. The highest BCUT2D eigenvalue weighted by molar-refractivity contribution is 6.30. The maximum absolute atomic E-state index is 5.77. The van der Waals surface area contributed by atoms with Gasteiger partial charge in [0.2, 0.25) is 0 Å². The molecule has 1 aromatic rings. The zero-order chi connectivity index (χ0) is 11.1. The summed E-state index contributed by atoms with van der Waals surface area (Å²) in [5.41, 5.74) is 5.77. The quantitative estimate of drug-likeness (QED) is 0.777. The molecule has 0 aliphatic heterocycles. The standard InChI is InChI=1S/C10H16ClN3O/c1-15-7-9(12)4-5-13-10-3-2-8(11)6-14-10/h2-3,6,9H,4-5,7,12H2,1H3,(H,13,14). The zero-order valence-corrected chi connectivity index (χ0v) is 9.50. The summed E-state index contributed by atoms with van der Waals surface area (Å²) in [4.78, 5) is 4.11. The number of hydrogen-bond acceptors (Lipinski definition) is 4. The van der Waals surface area contributed by atoms with Crippen molar-refractivity contribution in [2.24, 2.45) is 5.73 Å². The molecule has 4 nitrogen and oxygen atoms in total. The monoisotopic (exact) mass is 229 g/mol. The number of nitrogens with one attached hydrogen (secondary N) is 1. The van der Waals surface area contributed by atoms with E-state index in [1.807, 2.05) is 6.07 Å². The fraction of sp³-hybridized carbons (Fsp3) is 0.500. The van der Waals surface area contributed by atoms with Gasteiger partial charge in [-0.3, -0.25) is 0 Å². The number of aromatic nitrogens is 1. The first-order valence-electron chi connectivity index (χ1n) is 4.82. The lowest BCUT2D eigenvalue weighted by Gasteiger charge is -2.11. The number of ether oxygens (including phenoxy) is 1. The van der Waals surface area contributed by atoms with Crippen molar-refractivity contribution in [2.45, 2.75) is 12.5 Å². The van der Waals surface area contributed by atoms with E-state index in [1.54, 1.807) is 19.4 Å². The molecular formula is C10H16ClN3O. The van der Waals surface area contributed by atoms with E-state index in [1.165, 1.54) is 0 Å². The lowest BCUT2D eigenvalue weighted by molar-refractivity contribution is 0.178. The van der Waals surface area contributed by atoms with Gasteiger partial charge in [0, 0.05) is 25.9 Å². The van der Waals surface area contributed by atoms with Crippen LogP contribution in [0.3, 0.4) is 0 Å².